The molecular formula is C15H18ClNOS2. The van der Waals surface area contributed by atoms with Crippen molar-refractivity contribution in [2.75, 3.05) is 5.75 Å². The normalized spacial score (nSPS) is 15.1. The van der Waals surface area contributed by atoms with Crippen molar-refractivity contribution in [3.05, 3.63) is 45.9 Å². The summed E-state index contributed by atoms with van der Waals surface area (Å²) in [5.41, 5.74) is 0.540. The molecule has 1 heterocycles. The topological polar surface area (TPSA) is 33.1 Å². The van der Waals surface area contributed by atoms with Gasteiger partial charge in [0.25, 0.3) is 0 Å². The maximum absolute atomic E-state index is 11.2. The molecule has 0 saturated heterocycles. The van der Waals surface area contributed by atoms with Crippen molar-refractivity contribution >= 4 is 34.7 Å². The first-order valence-electron chi connectivity index (χ1n) is 6.33. The van der Waals surface area contributed by atoms with Gasteiger partial charge in [-0.3, -0.25) is 4.98 Å². The maximum Gasteiger partial charge on any atom is 0.114 e. The molecule has 0 bridgehead atoms. The summed E-state index contributed by atoms with van der Waals surface area (Å²) >= 11 is 9.24. The van der Waals surface area contributed by atoms with Gasteiger partial charge in [-0.05, 0) is 17.5 Å². The van der Waals surface area contributed by atoms with Gasteiger partial charge in [-0.15, -0.1) is 23.1 Å². The Kier molecular flexibility index (Phi) is 4.80. The van der Waals surface area contributed by atoms with Gasteiger partial charge in [-0.2, -0.15) is 0 Å². The van der Waals surface area contributed by atoms with Crippen LogP contribution in [0, 0.1) is 5.41 Å². The molecule has 2 nitrogen and oxygen atoms in total. The van der Waals surface area contributed by atoms with Crippen LogP contribution in [0.3, 0.4) is 0 Å². The Balaban J connectivity index is 2.25. The van der Waals surface area contributed by atoms with Crippen molar-refractivity contribution < 1.29 is 5.11 Å². The maximum atomic E-state index is 11.2. The number of hydrogen-bond acceptors (Lipinski definition) is 4. The predicted octanol–water partition coefficient (Wildman–Crippen LogP) is 4.82. The van der Waals surface area contributed by atoms with Crippen LogP contribution in [0.5, 0.6) is 0 Å². The van der Waals surface area contributed by atoms with E-state index < -0.39 is 5.60 Å². The van der Waals surface area contributed by atoms with Crippen LogP contribution in [0.2, 0.25) is 5.02 Å². The highest BCUT2D eigenvalue weighted by Crippen LogP contribution is 2.45. The molecule has 0 aliphatic heterocycles. The predicted molar refractivity (Wildman–Crippen MR) is 87.6 cm³/mol. The van der Waals surface area contributed by atoms with E-state index in [-0.39, 0.29) is 5.41 Å². The highest BCUT2D eigenvalue weighted by atomic mass is 35.5. The minimum atomic E-state index is -0.933. The Hall–Kier alpha value is -0.550. The lowest BCUT2D eigenvalue weighted by Crippen LogP contribution is -2.41. The quantitative estimate of drug-likeness (QED) is 0.817. The Bertz CT molecular complexity index is 566. The van der Waals surface area contributed by atoms with Gasteiger partial charge >= 0.3 is 0 Å². The molecule has 0 saturated carbocycles. The third-order valence-electron chi connectivity index (χ3n) is 3.35. The highest BCUT2D eigenvalue weighted by Gasteiger charge is 2.43. The highest BCUT2D eigenvalue weighted by molar-refractivity contribution is 7.99. The zero-order valence-corrected chi connectivity index (χ0v) is 14.1. The van der Waals surface area contributed by atoms with E-state index in [2.05, 4.69) is 4.98 Å². The van der Waals surface area contributed by atoms with Crippen LogP contribution in [0.15, 0.2) is 40.9 Å². The van der Waals surface area contributed by atoms with Crippen LogP contribution < -0.4 is 0 Å². The molecule has 0 radical (unpaired) electrons. The van der Waals surface area contributed by atoms with E-state index in [9.17, 15) is 5.11 Å². The van der Waals surface area contributed by atoms with E-state index in [1.165, 1.54) is 11.3 Å². The summed E-state index contributed by atoms with van der Waals surface area (Å²) in [4.78, 5) is 5.98. The Morgan fingerprint density at radius 2 is 2.00 bits per heavy atom. The second-order valence-corrected chi connectivity index (χ2v) is 8.01. The van der Waals surface area contributed by atoms with E-state index in [0.717, 1.165) is 14.8 Å². The molecule has 5 heteroatoms. The van der Waals surface area contributed by atoms with Crippen LogP contribution in [0.25, 0.3) is 0 Å². The van der Waals surface area contributed by atoms with E-state index in [0.29, 0.717) is 5.75 Å². The third kappa shape index (κ3) is 3.19. The Morgan fingerprint density at radius 1 is 1.30 bits per heavy atom. The molecule has 1 atom stereocenters. The number of aliphatic hydroxyl groups is 1. The SMILES string of the molecule is CC(C)(C)C(O)(CSc1ccccc1Cl)c1cncs1. The van der Waals surface area contributed by atoms with Crippen LogP contribution >= 0.6 is 34.7 Å². The molecule has 0 amide bonds. The zero-order chi connectivity index (χ0) is 14.8. The number of nitrogens with zero attached hydrogens (tertiary/aromatic N) is 1. The zero-order valence-electron chi connectivity index (χ0n) is 11.8. The van der Waals surface area contributed by atoms with E-state index in [1.807, 2.05) is 45.0 Å². The van der Waals surface area contributed by atoms with Crippen molar-refractivity contribution in [2.45, 2.75) is 31.3 Å². The number of halogens is 1. The number of rotatable bonds is 4. The molecule has 0 spiro atoms. The summed E-state index contributed by atoms with van der Waals surface area (Å²) in [5, 5.41) is 11.9. The lowest BCUT2D eigenvalue weighted by Gasteiger charge is -2.39. The van der Waals surface area contributed by atoms with Gasteiger partial charge in [0, 0.05) is 16.8 Å². The molecular weight excluding hydrogens is 310 g/mol. The average Bonchev–Trinajstić information content (AvgIpc) is 2.90. The standard InChI is InChI=1S/C15H18ClNOS2/c1-14(2,3)15(18,13-8-17-10-20-13)9-19-12-7-5-4-6-11(12)16/h4-8,10,18H,9H2,1-3H3. The largest absolute Gasteiger partial charge is 0.383 e. The van der Waals surface area contributed by atoms with Crippen molar-refractivity contribution in [1.82, 2.24) is 4.98 Å². The van der Waals surface area contributed by atoms with Gasteiger partial charge in [-0.25, -0.2) is 0 Å². The van der Waals surface area contributed by atoms with Crippen LogP contribution in [-0.2, 0) is 5.60 Å². The fraction of sp³-hybridized carbons (Fsp3) is 0.400. The van der Waals surface area contributed by atoms with Gasteiger partial charge in [0.15, 0.2) is 0 Å². The number of hydrogen-bond donors (Lipinski definition) is 1. The van der Waals surface area contributed by atoms with E-state index in [1.54, 1.807) is 23.5 Å². The van der Waals surface area contributed by atoms with Crippen LogP contribution in [0.4, 0.5) is 0 Å². The summed E-state index contributed by atoms with van der Waals surface area (Å²) in [6.07, 6.45) is 1.75. The molecule has 1 unspecified atom stereocenters. The average molecular weight is 328 g/mol. The molecule has 108 valence electrons. The van der Waals surface area contributed by atoms with Gasteiger partial charge in [0.1, 0.15) is 5.60 Å². The molecule has 2 aromatic rings. The first-order valence-corrected chi connectivity index (χ1v) is 8.57. The summed E-state index contributed by atoms with van der Waals surface area (Å²) in [6, 6.07) is 7.71. The summed E-state index contributed by atoms with van der Waals surface area (Å²) < 4.78 is 0. The first-order chi connectivity index (χ1) is 9.34. The fourth-order valence-corrected chi connectivity index (χ4v) is 4.48. The lowest BCUT2D eigenvalue weighted by atomic mass is 9.77. The van der Waals surface area contributed by atoms with Gasteiger partial charge in [0.05, 0.1) is 15.4 Å². The minimum absolute atomic E-state index is 0.284. The monoisotopic (exact) mass is 327 g/mol. The Morgan fingerprint density at radius 3 is 2.55 bits per heavy atom. The van der Waals surface area contributed by atoms with E-state index in [4.69, 9.17) is 11.6 Å². The second-order valence-electron chi connectivity index (χ2n) is 5.70. The van der Waals surface area contributed by atoms with Crippen molar-refractivity contribution in [2.24, 2.45) is 5.41 Å². The van der Waals surface area contributed by atoms with Crippen LogP contribution in [0.1, 0.15) is 25.6 Å². The van der Waals surface area contributed by atoms with Crippen molar-refractivity contribution in [1.29, 1.82) is 0 Å². The van der Waals surface area contributed by atoms with Crippen molar-refractivity contribution in [3.8, 4) is 0 Å². The number of thiazole rings is 1. The molecule has 0 aliphatic rings. The van der Waals surface area contributed by atoms with Gasteiger partial charge < -0.3 is 5.11 Å². The molecule has 1 N–H and O–H groups in total. The van der Waals surface area contributed by atoms with E-state index >= 15 is 0 Å². The van der Waals surface area contributed by atoms with Crippen molar-refractivity contribution in [3.63, 3.8) is 0 Å². The third-order valence-corrected chi connectivity index (χ3v) is 5.95. The van der Waals surface area contributed by atoms with Crippen LogP contribution in [-0.4, -0.2) is 15.8 Å². The summed E-state index contributed by atoms with van der Waals surface area (Å²) in [6.45, 7) is 6.12. The fourth-order valence-electron chi connectivity index (χ4n) is 1.82. The minimum Gasteiger partial charge on any atom is -0.383 e. The number of benzene rings is 1. The summed E-state index contributed by atoms with van der Waals surface area (Å²) in [7, 11) is 0. The first kappa shape index (κ1) is 15.8. The van der Waals surface area contributed by atoms with Gasteiger partial charge in [-0.1, -0.05) is 44.5 Å². The molecule has 0 aliphatic carbocycles. The number of aromatic nitrogens is 1. The summed E-state index contributed by atoms with van der Waals surface area (Å²) in [5.74, 6) is 0.544. The molecule has 20 heavy (non-hydrogen) atoms. The Labute approximate surface area is 133 Å². The smallest absolute Gasteiger partial charge is 0.114 e. The molecule has 2 rings (SSSR count). The molecule has 1 aromatic heterocycles. The number of thioether (sulfide) groups is 1. The molecule has 0 fully saturated rings. The second kappa shape index (κ2) is 6.06. The molecule has 1 aromatic carbocycles. The van der Waals surface area contributed by atoms with Gasteiger partial charge in [0.2, 0.25) is 0 Å². The lowest BCUT2D eigenvalue weighted by molar-refractivity contribution is -0.0392.